The summed E-state index contributed by atoms with van der Waals surface area (Å²) < 4.78 is 6.21. The van der Waals surface area contributed by atoms with Crippen LogP contribution in [0.1, 0.15) is 152 Å². The normalized spacial score (nSPS) is 42.6. The predicted octanol–water partition coefficient (Wildman–Crippen LogP) is 9.52. The number of carbonyl (C=O) groups is 2. The van der Waals surface area contributed by atoms with Gasteiger partial charge in [0.15, 0.2) is 0 Å². The number of carboxylic acid groups (broad SMARTS) is 1. The molecule has 6 rings (SSSR count). The molecule has 0 spiro atoms. The van der Waals surface area contributed by atoms with Crippen molar-refractivity contribution in [3.63, 3.8) is 0 Å². The van der Waals surface area contributed by atoms with Crippen LogP contribution in [-0.2, 0) is 14.3 Å². The summed E-state index contributed by atoms with van der Waals surface area (Å²) in [4.78, 5) is 27.5. The Kier molecular flexibility index (Phi) is 10.6. The van der Waals surface area contributed by atoms with Crippen LogP contribution in [-0.4, -0.2) is 60.8 Å². The first-order chi connectivity index (χ1) is 23.4. The van der Waals surface area contributed by atoms with Crippen LogP contribution in [0.15, 0.2) is 12.2 Å². The Morgan fingerprint density at radius 1 is 0.880 bits per heavy atom. The van der Waals surface area contributed by atoms with E-state index in [2.05, 4.69) is 58.3 Å². The summed E-state index contributed by atoms with van der Waals surface area (Å²) >= 11 is 0. The average molecular weight is 695 g/mol. The minimum absolute atomic E-state index is 0.0834. The van der Waals surface area contributed by atoms with E-state index in [1.165, 1.54) is 102 Å². The van der Waals surface area contributed by atoms with Gasteiger partial charge in [-0.1, -0.05) is 46.8 Å². The van der Waals surface area contributed by atoms with Gasteiger partial charge in [-0.15, -0.1) is 0 Å². The second-order valence-corrected chi connectivity index (χ2v) is 20.7. The molecule has 6 fully saturated rings. The minimum atomic E-state index is -1.12. The monoisotopic (exact) mass is 695 g/mol. The molecular weight excluding hydrogens is 620 g/mol. The average Bonchev–Trinajstić information content (AvgIpc) is 3.69. The fourth-order valence-electron chi connectivity index (χ4n) is 14.4. The number of carbonyl (C=O) groups excluding carboxylic acids is 1. The van der Waals surface area contributed by atoms with Gasteiger partial charge in [0.05, 0.1) is 11.8 Å². The Bertz CT molecular complexity index is 1290. The Morgan fingerprint density at radius 3 is 2.28 bits per heavy atom. The lowest BCUT2D eigenvalue weighted by Crippen LogP contribution is -2.66. The number of rotatable bonds is 12. The van der Waals surface area contributed by atoms with Gasteiger partial charge in [0.2, 0.25) is 0 Å². The molecule has 0 aromatic carbocycles. The highest BCUT2D eigenvalue weighted by Gasteiger charge is 2.71. The van der Waals surface area contributed by atoms with Gasteiger partial charge in [-0.3, -0.25) is 9.59 Å². The predicted molar refractivity (Wildman–Crippen MR) is 203 cm³/mol. The molecule has 1 saturated heterocycles. The van der Waals surface area contributed by atoms with Crippen LogP contribution in [0.5, 0.6) is 0 Å². The first-order valence-corrected chi connectivity index (χ1v) is 20.9. The highest BCUT2D eigenvalue weighted by atomic mass is 16.5. The Labute approximate surface area is 305 Å². The Morgan fingerprint density at radius 2 is 1.60 bits per heavy atom. The van der Waals surface area contributed by atoms with Crippen LogP contribution >= 0.6 is 0 Å². The molecule has 0 bridgehead atoms. The quantitative estimate of drug-likeness (QED) is 0.120. The molecule has 0 aromatic rings. The van der Waals surface area contributed by atoms with Gasteiger partial charge >= 0.3 is 11.9 Å². The van der Waals surface area contributed by atoms with Crippen molar-refractivity contribution in [3.8, 4) is 0 Å². The summed E-state index contributed by atoms with van der Waals surface area (Å²) in [5.41, 5.74) is 1.47. The van der Waals surface area contributed by atoms with Gasteiger partial charge in [0, 0.05) is 5.41 Å². The van der Waals surface area contributed by atoms with Crippen molar-refractivity contribution < 1.29 is 19.4 Å². The summed E-state index contributed by atoms with van der Waals surface area (Å²) in [6, 6.07) is 0. The SMILES string of the molecule is C=C(C)C1CC[C@]2(CCNCCCN3CCCC3)CC[C@]3(C)[C@H](CC[C@@H]4[C@@]5(C)CC[C@H](OC(=O)CC(C)(C)C(=O)O)C(C)(C)[C@@H]5CC[C@]43C)[C@@H]12. The second-order valence-electron chi connectivity index (χ2n) is 20.7. The summed E-state index contributed by atoms with van der Waals surface area (Å²) in [6.45, 7) is 29.1. The minimum Gasteiger partial charge on any atom is -0.481 e. The molecule has 50 heavy (non-hydrogen) atoms. The fourth-order valence-corrected chi connectivity index (χ4v) is 14.4. The van der Waals surface area contributed by atoms with Crippen molar-refractivity contribution in [2.75, 3.05) is 32.7 Å². The van der Waals surface area contributed by atoms with Crippen molar-refractivity contribution in [2.45, 2.75) is 158 Å². The molecule has 10 atom stereocenters. The van der Waals surface area contributed by atoms with Gasteiger partial charge in [0.25, 0.3) is 0 Å². The maximum absolute atomic E-state index is 13.1. The third-order valence-electron chi connectivity index (χ3n) is 17.4. The van der Waals surface area contributed by atoms with E-state index in [1.54, 1.807) is 13.8 Å². The number of likely N-dealkylation sites (tertiary alicyclic amines) is 1. The zero-order valence-electron chi connectivity index (χ0n) is 33.4. The first-order valence-electron chi connectivity index (χ1n) is 20.9. The molecule has 0 radical (unpaired) electrons. The largest absolute Gasteiger partial charge is 0.481 e. The first kappa shape index (κ1) is 38.3. The van der Waals surface area contributed by atoms with Crippen molar-refractivity contribution in [1.82, 2.24) is 10.2 Å². The third kappa shape index (κ3) is 6.34. The topological polar surface area (TPSA) is 78.9 Å². The molecule has 1 unspecified atom stereocenters. The number of hydrogen-bond acceptors (Lipinski definition) is 5. The van der Waals surface area contributed by atoms with Gasteiger partial charge in [-0.2, -0.15) is 0 Å². The molecule has 1 aliphatic heterocycles. The Hall–Kier alpha value is -1.40. The van der Waals surface area contributed by atoms with Crippen LogP contribution in [0.3, 0.4) is 0 Å². The number of ether oxygens (including phenoxy) is 1. The summed E-state index contributed by atoms with van der Waals surface area (Å²) in [7, 11) is 0. The number of allylic oxidation sites excluding steroid dienone is 1. The maximum atomic E-state index is 13.1. The standard InChI is InChI=1S/C44H74N2O4/c1-30(2)31-15-20-44(23-25-45-24-12-28-46-26-10-11-27-46)22-21-42(8)32(37(31)44)13-14-34-41(7)18-17-35(50-36(47)29-39(3,4)38(48)49)40(5,6)33(41)16-19-43(34,42)9/h31-35,37,45H,1,10-29H2,2-9H3,(H,48,49)/t31?,32-,33+,34-,35+,37-,41+,42-,43-,44-/m1/s1. The van der Waals surface area contributed by atoms with E-state index >= 15 is 0 Å². The number of aliphatic carboxylic acids is 1. The molecule has 284 valence electrons. The number of esters is 1. The van der Waals surface area contributed by atoms with Crippen LogP contribution in [0.2, 0.25) is 0 Å². The van der Waals surface area contributed by atoms with E-state index in [0.717, 1.165) is 37.8 Å². The zero-order chi connectivity index (χ0) is 36.3. The van der Waals surface area contributed by atoms with Crippen molar-refractivity contribution in [3.05, 3.63) is 12.2 Å². The molecule has 0 aromatic heterocycles. The summed E-state index contributed by atoms with van der Waals surface area (Å²) in [5, 5.41) is 13.5. The molecule has 1 heterocycles. The number of nitrogens with one attached hydrogen (secondary N) is 1. The molecule has 5 aliphatic carbocycles. The second kappa shape index (κ2) is 13.8. The highest BCUT2D eigenvalue weighted by molar-refractivity contribution is 5.81. The van der Waals surface area contributed by atoms with E-state index in [0.29, 0.717) is 34.0 Å². The van der Waals surface area contributed by atoms with E-state index in [9.17, 15) is 14.7 Å². The third-order valence-corrected chi connectivity index (χ3v) is 17.4. The molecule has 2 N–H and O–H groups in total. The number of carboxylic acids is 1. The fraction of sp³-hybridized carbons (Fsp3) is 0.909. The molecule has 6 heteroatoms. The van der Waals surface area contributed by atoms with E-state index < -0.39 is 11.4 Å². The van der Waals surface area contributed by atoms with Crippen LogP contribution < -0.4 is 5.32 Å². The lowest BCUT2D eigenvalue weighted by molar-refractivity contribution is -0.250. The van der Waals surface area contributed by atoms with Crippen LogP contribution in [0, 0.1) is 62.1 Å². The van der Waals surface area contributed by atoms with E-state index in [4.69, 9.17) is 4.74 Å². The van der Waals surface area contributed by atoms with Gasteiger partial charge in [-0.25, -0.2) is 0 Å². The zero-order valence-corrected chi connectivity index (χ0v) is 33.4. The van der Waals surface area contributed by atoms with Gasteiger partial charge in [0.1, 0.15) is 6.10 Å². The maximum Gasteiger partial charge on any atom is 0.309 e. The van der Waals surface area contributed by atoms with Gasteiger partial charge in [-0.05, 0) is 195 Å². The molecule has 6 aliphatic rings. The van der Waals surface area contributed by atoms with Crippen molar-refractivity contribution >= 4 is 11.9 Å². The summed E-state index contributed by atoms with van der Waals surface area (Å²) in [5.74, 6) is 2.03. The van der Waals surface area contributed by atoms with Crippen molar-refractivity contribution in [1.29, 1.82) is 0 Å². The molecule has 6 nitrogen and oxygen atoms in total. The number of nitrogens with zero attached hydrogens (tertiary/aromatic N) is 1. The lowest BCUT2D eigenvalue weighted by Gasteiger charge is -2.73. The molecule has 0 amide bonds. The van der Waals surface area contributed by atoms with Crippen LogP contribution in [0.25, 0.3) is 0 Å². The number of fused-ring (bicyclic) bond motifs is 7. The molecule has 5 saturated carbocycles. The smallest absolute Gasteiger partial charge is 0.309 e. The Balaban J connectivity index is 1.17. The van der Waals surface area contributed by atoms with E-state index in [1.807, 2.05) is 0 Å². The highest BCUT2D eigenvalue weighted by Crippen LogP contribution is 2.78. The van der Waals surface area contributed by atoms with Crippen LogP contribution in [0.4, 0.5) is 0 Å². The molecular formula is C44H74N2O4. The number of hydrogen-bond donors (Lipinski definition) is 2. The van der Waals surface area contributed by atoms with Crippen molar-refractivity contribution in [2.24, 2.45) is 62.1 Å². The lowest BCUT2D eigenvalue weighted by atomic mass is 9.32. The summed E-state index contributed by atoms with van der Waals surface area (Å²) in [6.07, 6.45) is 17.7. The van der Waals surface area contributed by atoms with E-state index in [-0.39, 0.29) is 29.3 Å². The van der Waals surface area contributed by atoms with Gasteiger partial charge < -0.3 is 20.1 Å².